The summed E-state index contributed by atoms with van der Waals surface area (Å²) in [7, 11) is 0. The summed E-state index contributed by atoms with van der Waals surface area (Å²) in [6, 6.07) is 7.99. The summed E-state index contributed by atoms with van der Waals surface area (Å²) in [5.41, 5.74) is 3.10. The van der Waals surface area contributed by atoms with Gasteiger partial charge in [-0.2, -0.15) is 0 Å². The predicted octanol–water partition coefficient (Wildman–Crippen LogP) is 3.09. The molecule has 0 spiro atoms. The number of H-pyrrole nitrogens is 1. The van der Waals surface area contributed by atoms with Crippen molar-refractivity contribution in [2.75, 3.05) is 0 Å². The van der Waals surface area contributed by atoms with Gasteiger partial charge in [0.25, 0.3) is 0 Å². The van der Waals surface area contributed by atoms with E-state index in [1.165, 1.54) is 5.56 Å². The Balaban J connectivity index is 2.16. The summed E-state index contributed by atoms with van der Waals surface area (Å²) in [5, 5.41) is 9.82. The van der Waals surface area contributed by atoms with E-state index >= 15 is 0 Å². The van der Waals surface area contributed by atoms with Gasteiger partial charge < -0.3 is 10.1 Å². The van der Waals surface area contributed by atoms with Gasteiger partial charge >= 0.3 is 5.97 Å². The summed E-state index contributed by atoms with van der Waals surface area (Å²) in [6.45, 7) is 0. The number of carboxylic acids is 1. The number of nitrogens with one attached hydrogen (secondary N) is 1. The molecule has 0 saturated heterocycles. The second kappa shape index (κ2) is 3.77. The lowest BCUT2D eigenvalue weighted by atomic mass is 9.86. The Morgan fingerprint density at radius 3 is 2.94 bits per heavy atom. The van der Waals surface area contributed by atoms with Crippen LogP contribution in [-0.4, -0.2) is 16.1 Å². The lowest BCUT2D eigenvalue weighted by Gasteiger charge is -2.24. The minimum Gasteiger partial charge on any atom is -0.481 e. The van der Waals surface area contributed by atoms with Crippen molar-refractivity contribution in [2.24, 2.45) is 5.92 Å². The zero-order chi connectivity index (χ0) is 12.0. The van der Waals surface area contributed by atoms with E-state index in [4.69, 9.17) is 16.7 Å². The van der Waals surface area contributed by atoms with E-state index < -0.39 is 17.3 Å². The van der Waals surface area contributed by atoms with Crippen molar-refractivity contribution in [2.45, 2.75) is 18.2 Å². The van der Waals surface area contributed by atoms with Gasteiger partial charge in [0.2, 0.25) is 0 Å². The number of aromatic amines is 1. The Morgan fingerprint density at radius 1 is 1.41 bits per heavy atom. The number of aliphatic carboxylic acids is 1. The van der Waals surface area contributed by atoms with Crippen molar-refractivity contribution in [3.8, 4) is 0 Å². The first-order chi connectivity index (χ1) is 8.18. The average Bonchev–Trinajstić information content (AvgIpc) is 2.69. The van der Waals surface area contributed by atoms with Crippen molar-refractivity contribution < 1.29 is 9.90 Å². The predicted molar refractivity (Wildman–Crippen MR) is 66.3 cm³/mol. The van der Waals surface area contributed by atoms with E-state index in [1.807, 2.05) is 18.2 Å². The molecule has 1 aromatic heterocycles. The second-order valence-corrected chi connectivity index (χ2v) is 4.92. The van der Waals surface area contributed by atoms with Crippen LogP contribution in [0.15, 0.2) is 24.3 Å². The Kier molecular flexibility index (Phi) is 2.37. The molecule has 1 heterocycles. The average molecular weight is 250 g/mol. The number of benzene rings is 1. The number of aromatic nitrogens is 1. The fourth-order valence-electron chi connectivity index (χ4n) is 2.62. The minimum absolute atomic E-state index is 0.455. The van der Waals surface area contributed by atoms with Gasteiger partial charge in [-0.15, -0.1) is 11.6 Å². The van der Waals surface area contributed by atoms with Gasteiger partial charge in [-0.05, 0) is 24.5 Å². The summed E-state index contributed by atoms with van der Waals surface area (Å²) in [4.78, 5) is 14.3. The van der Waals surface area contributed by atoms with Crippen molar-refractivity contribution in [3.63, 3.8) is 0 Å². The van der Waals surface area contributed by atoms with Crippen LogP contribution in [0.1, 0.15) is 23.1 Å². The Bertz CT molecular complexity index is 590. The molecule has 3 rings (SSSR count). The molecule has 0 radical (unpaired) electrons. The maximum Gasteiger partial charge on any atom is 0.308 e. The molecule has 3 nitrogen and oxygen atoms in total. The molecular formula is C13H12ClNO2. The fraction of sp³-hybridized carbons (Fsp3) is 0.308. The molecule has 4 heteroatoms. The van der Waals surface area contributed by atoms with E-state index in [1.54, 1.807) is 0 Å². The number of aryl methyl sites for hydroxylation is 1. The van der Waals surface area contributed by atoms with Gasteiger partial charge in [-0.1, -0.05) is 18.2 Å². The molecule has 17 heavy (non-hydrogen) atoms. The van der Waals surface area contributed by atoms with Gasteiger partial charge in [-0.25, -0.2) is 0 Å². The molecule has 0 saturated carbocycles. The van der Waals surface area contributed by atoms with Crippen molar-refractivity contribution in [3.05, 3.63) is 35.5 Å². The molecule has 2 aromatic rings. The van der Waals surface area contributed by atoms with Crippen LogP contribution in [0.3, 0.4) is 0 Å². The maximum atomic E-state index is 11.1. The molecular weight excluding hydrogens is 238 g/mol. The Morgan fingerprint density at radius 2 is 2.18 bits per heavy atom. The number of fused-ring (bicyclic) bond motifs is 3. The fourth-order valence-corrected chi connectivity index (χ4v) is 3.04. The molecule has 2 unspecified atom stereocenters. The molecule has 88 valence electrons. The number of alkyl halides is 1. The topological polar surface area (TPSA) is 53.1 Å². The van der Waals surface area contributed by atoms with Crippen molar-refractivity contribution in [1.29, 1.82) is 0 Å². The van der Waals surface area contributed by atoms with Crippen LogP contribution in [-0.2, 0) is 11.2 Å². The number of hydrogen-bond donors (Lipinski definition) is 2. The minimum atomic E-state index is -0.811. The van der Waals surface area contributed by atoms with Crippen LogP contribution in [0.2, 0.25) is 0 Å². The molecule has 1 aromatic carbocycles. The second-order valence-electron chi connectivity index (χ2n) is 4.45. The van der Waals surface area contributed by atoms with Crippen LogP contribution < -0.4 is 0 Å². The molecule has 1 aliphatic rings. The maximum absolute atomic E-state index is 11.1. The third kappa shape index (κ3) is 1.53. The lowest BCUT2D eigenvalue weighted by Crippen LogP contribution is -2.24. The van der Waals surface area contributed by atoms with Crippen LogP contribution in [0, 0.1) is 5.92 Å². The number of hydrogen-bond acceptors (Lipinski definition) is 1. The smallest absolute Gasteiger partial charge is 0.308 e. The molecule has 0 amide bonds. The lowest BCUT2D eigenvalue weighted by molar-refractivity contribution is -0.142. The van der Waals surface area contributed by atoms with Gasteiger partial charge in [0.15, 0.2) is 0 Å². The summed E-state index contributed by atoms with van der Waals surface area (Å²) in [5.74, 6) is -1.30. The molecule has 1 aliphatic carbocycles. The number of carbonyl (C=O) groups is 1. The molecule has 0 fully saturated rings. The number of carboxylic acid groups (broad SMARTS) is 1. The zero-order valence-corrected chi connectivity index (χ0v) is 9.87. The first-order valence-corrected chi connectivity index (χ1v) is 6.08. The third-order valence-corrected chi connectivity index (χ3v) is 4.02. The highest BCUT2D eigenvalue weighted by Gasteiger charge is 2.35. The molecule has 2 N–H and O–H groups in total. The quantitative estimate of drug-likeness (QED) is 0.763. The number of para-hydroxylation sites is 1. The van der Waals surface area contributed by atoms with E-state index in [9.17, 15) is 4.79 Å². The normalized spacial score (nSPS) is 23.6. The largest absolute Gasteiger partial charge is 0.481 e. The van der Waals surface area contributed by atoms with Gasteiger partial charge in [0.05, 0.1) is 11.3 Å². The number of rotatable bonds is 1. The zero-order valence-electron chi connectivity index (χ0n) is 9.11. The molecule has 0 bridgehead atoms. The van der Waals surface area contributed by atoms with Gasteiger partial charge in [-0.3, -0.25) is 4.79 Å². The van der Waals surface area contributed by atoms with E-state index in [0.29, 0.717) is 6.42 Å². The molecule has 0 aliphatic heterocycles. The van der Waals surface area contributed by atoms with E-state index in [0.717, 1.165) is 23.0 Å². The van der Waals surface area contributed by atoms with Crippen molar-refractivity contribution in [1.82, 2.24) is 4.98 Å². The number of halogens is 1. The van der Waals surface area contributed by atoms with Crippen LogP contribution in [0.25, 0.3) is 10.9 Å². The van der Waals surface area contributed by atoms with Crippen LogP contribution in [0.4, 0.5) is 0 Å². The highest BCUT2D eigenvalue weighted by molar-refractivity contribution is 6.22. The molecule has 2 atom stereocenters. The monoisotopic (exact) mass is 249 g/mol. The Labute approximate surface area is 103 Å². The summed E-state index contributed by atoms with van der Waals surface area (Å²) < 4.78 is 0. The summed E-state index contributed by atoms with van der Waals surface area (Å²) in [6.07, 6.45) is 1.39. The first kappa shape index (κ1) is 10.7. The first-order valence-electron chi connectivity index (χ1n) is 5.65. The Hall–Kier alpha value is -1.48. The van der Waals surface area contributed by atoms with Crippen LogP contribution in [0.5, 0.6) is 0 Å². The van der Waals surface area contributed by atoms with Crippen molar-refractivity contribution >= 4 is 28.5 Å². The van der Waals surface area contributed by atoms with Gasteiger partial charge in [0, 0.05) is 16.6 Å². The van der Waals surface area contributed by atoms with E-state index in [2.05, 4.69) is 11.1 Å². The van der Waals surface area contributed by atoms with E-state index in [-0.39, 0.29) is 0 Å². The van der Waals surface area contributed by atoms with Gasteiger partial charge in [0.1, 0.15) is 0 Å². The summed E-state index contributed by atoms with van der Waals surface area (Å²) >= 11 is 6.27. The highest BCUT2D eigenvalue weighted by atomic mass is 35.5. The SMILES string of the molecule is O=C(O)C1CCc2c([nH]c3ccccc23)C1Cl. The van der Waals surface area contributed by atoms with Crippen LogP contribution >= 0.6 is 11.6 Å². The highest BCUT2D eigenvalue weighted by Crippen LogP contribution is 2.41. The standard InChI is InChI=1S/C13H12ClNO2/c14-11-9(13(16)17)6-5-8-7-3-1-2-4-10(7)15-12(8)11/h1-4,9,11,15H,5-6H2,(H,16,17). The third-order valence-electron chi connectivity index (χ3n) is 3.50.